The van der Waals surface area contributed by atoms with Crippen molar-refractivity contribution in [2.75, 3.05) is 10.6 Å². The predicted octanol–water partition coefficient (Wildman–Crippen LogP) is 3.20. The molecule has 6 heteroatoms. The minimum absolute atomic E-state index is 0.0954. The van der Waals surface area contributed by atoms with Crippen LogP contribution in [0.1, 0.15) is 18.5 Å². The molecule has 5 nitrogen and oxygen atoms in total. The lowest BCUT2D eigenvalue weighted by molar-refractivity contribution is 0.259. The summed E-state index contributed by atoms with van der Waals surface area (Å²) in [4.78, 5) is 10.7. The van der Waals surface area contributed by atoms with Gasteiger partial charge < -0.3 is 21.5 Å². The number of carbonyl (C=O) groups excluding carboxylic acids is 1. The molecule has 2 rings (SSSR count). The Morgan fingerprint density at radius 1 is 1.19 bits per heavy atom. The highest BCUT2D eigenvalue weighted by atomic mass is 19.1. The van der Waals surface area contributed by atoms with Crippen molar-refractivity contribution >= 4 is 17.4 Å². The summed E-state index contributed by atoms with van der Waals surface area (Å²) in [7, 11) is 0. The average Bonchev–Trinajstić information content (AvgIpc) is 2.40. The Kier molecular flexibility index (Phi) is 4.27. The molecule has 0 fully saturated rings. The van der Waals surface area contributed by atoms with E-state index in [1.165, 1.54) is 12.1 Å². The molecule has 0 radical (unpaired) electrons. The summed E-state index contributed by atoms with van der Waals surface area (Å²) in [5, 5.41) is 15.4. The molecule has 0 aliphatic carbocycles. The van der Waals surface area contributed by atoms with E-state index in [1.807, 2.05) is 6.92 Å². The molecule has 0 heterocycles. The maximum Gasteiger partial charge on any atom is 0.316 e. The van der Waals surface area contributed by atoms with Gasteiger partial charge >= 0.3 is 6.03 Å². The Morgan fingerprint density at radius 3 is 2.38 bits per heavy atom. The van der Waals surface area contributed by atoms with Crippen LogP contribution in [-0.2, 0) is 0 Å². The third kappa shape index (κ3) is 3.85. The van der Waals surface area contributed by atoms with E-state index >= 15 is 0 Å². The highest BCUT2D eigenvalue weighted by Crippen LogP contribution is 2.27. The van der Waals surface area contributed by atoms with Crippen LogP contribution in [0.3, 0.4) is 0 Å². The fourth-order valence-corrected chi connectivity index (χ4v) is 2.00. The van der Waals surface area contributed by atoms with E-state index in [2.05, 4.69) is 10.6 Å². The molecule has 21 heavy (non-hydrogen) atoms. The van der Waals surface area contributed by atoms with Crippen LogP contribution in [-0.4, -0.2) is 11.1 Å². The molecule has 0 saturated carbocycles. The third-order valence-corrected chi connectivity index (χ3v) is 2.99. The fraction of sp³-hybridized carbons (Fsp3) is 0.133. The first-order valence-corrected chi connectivity index (χ1v) is 6.37. The van der Waals surface area contributed by atoms with Gasteiger partial charge in [0.1, 0.15) is 11.6 Å². The van der Waals surface area contributed by atoms with Gasteiger partial charge in [-0.3, -0.25) is 0 Å². The van der Waals surface area contributed by atoms with Gasteiger partial charge in [0.2, 0.25) is 0 Å². The molecule has 110 valence electrons. The zero-order chi connectivity index (χ0) is 15.4. The van der Waals surface area contributed by atoms with Gasteiger partial charge in [-0.1, -0.05) is 6.07 Å². The standard InChI is InChI=1S/C15H16FN3O2/c1-9(13-7-2-10(16)8-14(13)20)18-11-3-5-12(6-4-11)19-15(17)21/h2-9,18,20H,1H3,(H3,17,19,21). The van der Waals surface area contributed by atoms with Crippen molar-refractivity contribution < 1.29 is 14.3 Å². The Morgan fingerprint density at radius 2 is 1.81 bits per heavy atom. The van der Waals surface area contributed by atoms with Crippen LogP contribution in [0, 0.1) is 5.82 Å². The van der Waals surface area contributed by atoms with Gasteiger partial charge in [-0.15, -0.1) is 0 Å². The zero-order valence-electron chi connectivity index (χ0n) is 11.4. The highest BCUT2D eigenvalue weighted by molar-refractivity contribution is 5.87. The van der Waals surface area contributed by atoms with E-state index in [4.69, 9.17) is 5.73 Å². The molecule has 2 amide bonds. The minimum Gasteiger partial charge on any atom is -0.507 e. The van der Waals surface area contributed by atoms with Gasteiger partial charge in [-0.2, -0.15) is 0 Å². The third-order valence-electron chi connectivity index (χ3n) is 2.99. The average molecular weight is 289 g/mol. The summed E-state index contributed by atoms with van der Waals surface area (Å²) in [6.45, 7) is 1.85. The van der Waals surface area contributed by atoms with Gasteiger partial charge in [0.15, 0.2) is 0 Å². The van der Waals surface area contributed by atoms with E-state index in [9.17, 15) is 14.3 Å². The lowest BCUT2D eigenvalue weighted by Crippen LogP contribution is -2.19. The maximum atomic E-state index is 13.0. The van der Waals surface area contributed by atoms with Crippen molar-refractivity contribution in [3.05, 3.63) is 53.8 Å². The number of amides is 2. The number of phenolic OH excluding ortho intramolecular Hbond substituents is 1. The van der Waals surface area contributed by atoms with Crippen molar-refractivity contribution in [1.82, 2.24) is 0 Å². The molecule has 2 aromatic carbocycles. The summed E-state index contributed by atoms with van der Waals surface area (Å²) in [5.41, 5.74) is 7.00. The van der Waals surface area contributed by atoms with E-state index in [-0.39, 0.29) is 11.8 Å². The Labute approximate surface area is 121 Å². The van der Waals surface area contributed by atoms with Crippen molar-refractivity contribution in [2.24, 2.45) is 5.73 Å². The van der Waals surface area contributed by atoms with Crippen LogP contribution in [0.5, 0.6) is 5.75 Å². The highest BCUT2D eigenvalue weighted by Gasteiger charge is 2.11. The van der Waals surface area contributed by atoms with Crippen LogP contribution in [0.15, 0.2) is 42.5 Å². The predicted molar refractivity (Wildman–Crippen MR) is 79.8 cm³/mol. The molecule has 0 saturated heterocycles. The first-order chi connectivity index (χ1) is 9.95. The van der Waals surface area contributed by atoms with Crippen LogP contribution >= 0.6 is 0 Å². The van der Waals surface area contributed by atoms with Gasteiger partial charge in [-0.05, 0) is 37.3 Å². The summed E-state index contributed by atoms with van der Waals surface area (Å²) in [6, 6.07) is 10.0. The lowest BCUT2D eigenvalue weighted by atomic mass is 10.1. The number of carbonyl (C=O) groups is 1. The van der Waals surface area contributed by atoms with E-state index in [0.29, 0.717) is 11.3 Å². The number of hydrogen-bond acceptors (Lipinski definition) is 3. The summed E-state index contributed by atoms with van der Waals surface area (Å²) in [5.74, 6) is -0.577. The number of halogens is 1. The second kappa shape index (κ2) is 6.13. The number of nitrogens with one attached hydrogen (secondary N) is 2. The van der Waals surface area contributed by atoms with Crippen molar-refractivity contribution in [1.29, 1.82) is 0 Å². The number of aromatic hydroxyl groups is 1. The largest absolute Gasteiger partial charge is 0.507 e. The van der Waals surface area contributed by atoms with Crippen LogP contribution < -0.4 is 16.4 Å². The number of hydrogen-bond donors (Lipinski definition) is 4. The number of anilines is 2. The molecule has 1 atom stereocenters. The number of benzene rings is 2. The van der Waals surface area contributed by atoms with Gasteiger partial charge in [-0.25, -0.2) is 9.18 Å². The minimum atomic E-state index is -0.625. The number of phenols is 1. The molecule has 1 unspecified atom stereocenters. The number of nitrogens with two attached hydrogens (primary N) is 1. The van der Waals surface area contributed by atoms with Crippen molar-refractivity contribution in [3.8, 4) is 5.75 Å². The van der Waals surface area contributed by atoms with E-state index < -0.39 is 11.8 Å². The molecule has 0 aliphatic heterocycles. The molecular formula is C15H16FN3O2. The quantitative estimate of drug-likeness (QED) is 0.697. The number of rotatable bonds is 4. The SMILES string of the molecule is CC(Nc1ccc(NC(N)=O)cc1)c1ccc(F)cc1O. The normalized spacial score (nSPS) is 11.7. The van der Waals surface area contributed by atoms with Crippen LogP contribution in [0.4, 0.5) is 20.6 Å². The molecular weight excluding hydrogens is 273 g/mol. The Hall–Kier alpha value is -2.76. The smallest absolute Gasteiger partial charge is 0.316 e. The van der Waals surface area contributed by atoms with E-state index in [0.717, 1.165) is 11.8 Å². The van der Waals surface area contributed by atoms with Gasteiger partial charge in [0, 0.05) is 23.0 Å². The summed E-state index contributed by atoms with van der Waals surface area (Å²) in [6.07, 6.45) is 0. The van der Waals surface area contributed by atoms with E-state index in [1.54, 1.807) is 24.3 Å². The molecule has 0 spiro atoms. The van der Waals surface area contributed by atoms with Crippen molar-refractivity contribution in [2.45, 2.75) is 13.0 Å². The Bertz CT molecular complexity index is 644. The van der Waals surface area contributed by atoms with Gasteiger partial charge in [0.25, 0.3) is 0 Å². The van der Waals surface area contributed by atoms with Gasteiger partial charge in [0.05, 0.1) is 6.04 Å². The number of primary amides is 1. The molecule has 0 aliphatic rings. The maximum absolute atomic E-state index is 13.0. The molecule has 0 aromatic heterocycles. The molecule has 5 N–H and O–H groups in total. The first kappa shape index (κ1) is 14.6. The fourth-order valence-electron chi connectivity index (χ4n) is 2.00. The number of urea groups is 1. The second-order valence-corrected chi connectivity index (χ2v) is 4.64. The Balaban J connectivity index is 2.08. The van der Waals surface area contributed by atoms with Crippen LogP contribution in [0.25, 0.3) is 0 Å². The molecule has 0 bridgehead atoms. The second-order valence-electron chi connectivity index (χ2n) is 4.64. The molecule has 2 aromatic rings. The monoisotopic (exact) mass is 289 g/mol. The summed E-state index contributed by atoms with van der Waals surface area (Å²) >= 11 is 0. The topological polar surface area (TPSA) is 87.4 Å². The lowest BCUT2D eigenvalue weighted by Gasteiger charge is -2.17. The zero-order valence-corrected chi connectivity index (χ0v) is 11.4. The van der Waals surface area contributed by atoms with Crippen LogP contribution in [0.2, 0.25) is 0 Å². The summed E-state index contributed by atoms with van der Waals surface area (Å²) < 4.78 is 13.0. The van der Waals surface area contributed by atoms with Crippen molar-refractivity contribution in [3.63, 3.8) is 0 Å². The first-order valence-electron chi connectivity index (χ1n) is 6.37.